The molecular formula is C9H11F3N4. The number of hydrogen-bond acceptors (Lipinski definition) is 4. The molecule has 0 bridgehead atoms. The Bertz CT molecular complexity index is 412. The van der Waals surface area contributed by atoms with E-state index in [2.05, 4.69) is 15.3 Å². The lowest BCUT2D eigenvalue weighted by atomic mass is 10.2. The van der Waals surface area contributed by atoms with Crippen LogP contribution in [0.1, 0.15) is 18.4 Å². The number of nitrogens with zero attached hydrogens (tertiary/aromatic N) is 2. The molecule has 2 rings (SSSR count). The molecule has 1 aromatic heterocycles. The van der Waals surface area contributed by atoms with Gasteiger partial charge in [-0.25, -0.2) is 4.98 Å². The van der Waals surface area contributed by atoms with E-state index < -0.39 is 11.7 Å². The molecule has 16 heavy (non-hydrogen) atoms. The molecule has 0 amide bonds. The Morgan fingerprint density at radius 3 is 2.56 bits per heavy atom. The maximum atomic E-state index is 12.7. The van der Waals surface area contributed by atoms with Gasteiger partial charge in [-0.2, -0.15) is 18.2 Å². The Labute approximate surface area is 90.1 Å². The summed E-state index contributed by atoms with van der Waals surface area (Å²) < 4.78 is 38.0. The molecule has 1 fully saturated rings. The molecule has 1 heterocycles. The summed E-state index contributed by atoms with van der Waals surface area (Å²) in [6.45, 7) is 1.63. The summed E-state index contributed by atoms with van der Waals surface area (Å²) in [6, 6.07) is 0. The molecule has 7 heteroatoms. The molecule has 0 radical (unpaired) electrons. The number of rotatable bonds is 2. The monoisotopic (exact) mass is 232 g/mol. The highest BCUT2D eigenvalue weighted by Crippen LogP contribution is 2.51. The van der Waals surface area contributed by atoms with Crippen molar-refractivity contribution in [2.24, 2.45) is 0 Å². The standard InChI is InChI=1S/C9H11F3N4/c1-5-4-14-7(13)15-6(5)16-8(2-3-8)9(10,11)12/h4H,2-3H2,1H3,(H3,13,14,15,16). The molecule has 1 aliphatic carbocycles. The van der Waals surface area contributed by atoms with Gasteiger partial charge in [0.2, 0.25) is 5.95 Å². The van der Waals surface area contributed by atoms with Crippen LogP contribution in [0.25, 0.3) is 0 Å². The number of nitrogens with one attached hydrogen (secondary N) is 1. The fourth-order valence-electron chi connectivity index (χ4n) is 1.41. The van der Waals surface area contributed by atoms with Crippen LogP contribution in [0.2, 0.25) is 0 Å². The summed E-state index contributed by atoms with van der Waals surface area (Å²) in [7, 11) is 0. The van der Waals surface area contributed by atoms with Crippen molar-refractivity contribution in [3.05, 3.63) is 11.8 Å². The molecular weight excluding hydrogens is 221 g/mol. The zero-order chi connectivity index (χ0) is 12.0. The Morgan fingerprint density at radius 2 is 2.06 bits per heavy atom. The van der Waals surface area contributed by atoms with E-state index in [1.54, 1.807) is 6.92 Å². The molecule has 0 spiro atoms. The van der Waals surface area contributed by atoms with E-state index in [4.69, 9.17) is 5.73 Å². The first kappa shape index (κ1) is 11.0. The zero-order valence-electron chi connectivity index (χ0n) is 8.60. The van der Waals surface area contributed by atoms with Crippen LogP contribution in [0.5, 0.6) is 0 Å². The molecule has 0 saturated heterocycles. The second-order valence-corrected chi connectivity index (χ2v) is 3.96. The van der Waals surface area contributed by atoms with Crippen LogP contribution in [-0.4, -0.2) is 21.7 Å². The summed E-state index contributed by atoms with van der Waals surface area (Å²) >= 11 is 0. The van der Waals surface area contributed by atoms with E-state index in [9.17, 15) is 13.2 Å². The Morgan fingerprint density at radius 1 is 1.44 bits per heavy atom. The maximum absolute atomic E-state index is 12.7. The fraction of sp³-hybridized carbons (Fsp3) is 0.556. The number of aromatic nitrogens is 2. The lowest BCUT2D eigenvalue weighted by Crippen LogP contribution is -2.39. The van der Waals surface area contributed by atoms with Crippen LogP contribution in [0, 0.1) is 6.92 Å². The van der Waals surface area contributed by atoms with Crippen LogP contribution in [0.4, 0.5) is 24.9 Å². The molecule has 88 valence electrons. The minimum atomic E-state index is -4.26. The Balaban J connectivity index is 2.25. The van der Waals surface area contributed by atoms with Crippen LogP contribution in [-0.2, 0) is 0 Å². The van der Waals surface area contributed by atoms with Gasteiger partial charge < -0.3 is 11.1 Å². The summed E-state index contributed by atoms with van der Waals surface area (Å²) in [4.78, 5) is 7.46. The predicted octanol–water partition coefficient (Wildman–Crippen LogP) is 1.87. The van der Waals surface area contributed by atoms with Gasteiger partial charge in [0, 0.05) is 11.8 Å². The molecule has 1 aromatic rings. The van der Waals surface area contributed by atoms with Crippen molar-refractivity contribution in [3.63, 3.8) is 0 Å². The lowest BCUT2D eigenvalue weighted by Gasteiger charge is -2.22. The molecule has 0 aromatic carbocycles. The van der Waals surface area contributed by atoms with Crippen molar-refractivity contribution in [1.29, 1.82) is 0 Å². The largest absolute Gasteiger partial charge is 0.411 e. The van der Waals surface area contributed by atoms with Crippen molar-refractivity contribution >= 4 is 11.8 Å². The smallest absolute Gasteiger partial charge is 0.368 e. The third-order valence-electron chi connectivity index (χ3n) is 2.64. The van der Waals surface area contributed by atoms with Crippen molar-refractivity contribution in [1.82, 2.24) is 9.97 Å². The maximum Gasteiger partial charge on any atom is 0.411 e. The number of hydrogen-bond donors (Lipinski definition) is 2. The number of alkyl halides is 3. The first-order chi connectivity index (χ1) is 7.34. The van der Waals surface area contributed by atoms with Crippen LogP contribution in [0.15, 0.2) is 6.20 Å². The zero-order valence-corrected chi connectivity index (χ0v) is 8.60. The van der Waals surface area contributed by atoms with E-state index in [0.29, 0.717) is 5.56 Å². The average Bonchev–Trinajstić information content (AvgIpc) is 2.91. The Hall–Kier alpha value is -1.53. The minimum absolute atomic E-state index is 0.0360. The third-order valence-corrected chi connectivity index (χ3v) is 2.64. The van der Waals surface area contributed by atoms with Crippen LogP contribution in [0.3, 0.4) is 0 Å². The number of nitrogens with two attached hydrogens (primary N) is 1. The van der Waals surface area contributed by atoms with Gasteiger partial charge in [-0.3, -0.25) is 0 Å². The molecule has 3 N–H and O–H groups in total. The second kappa shape index (κ2) is 3.23. The predicted molar refractivity (Wildman–Crippen MR) is 52.8 cm³/mol. The molecule has 0 atom stereocenters. The highest BCUT2D eigenvalue weighted by Gasteiger charge is 2.63. The summed E-state index contributed by atoms with van der Waals surface area (Å²) in [6.07, 6.45) is -2.73. The van der Waals surface area contributed by atoms with Gasteiger partial charge in [0.05, 0.1) is 0 Å². The lowest BCUT2D eigenvalue weighted by molar-refractivity contribution is -0.151. The number of aryl methyl sites for hydroxylation is 1. The summed E-state index contributed by atoms with van der Waals surface area (Å²) in [5.41, 5.74) is 4.06. The van der Waals surface area contributed by atoms with Gasteiger partial charge >= 0.3 is 6.18 Å². The fourth-order valence-corrected chi connectivity index (χ4v) is 1.41. The number of halogens is 3. The van der Waals surface area contributed by atoms with E-state index in [1.165, 1.54) is 6.20 Å². The van der Waals surface area contributed by atoms with E-state index in [-0.39, 0.29) is 24.6 Å². The highest BCUT2D eigenvalue weighted by atomic mass is 19.4. The van der Waals surface area contributed by atoms with Crippen LogP contribution < -0.4 is 11.1 Å². The van der Waals surface area contributed by atoms with Gasteiger partial charge in [0.15, 0.2) is 0 Å². The van der Waals surface area contributed by atoms with E-state index in [1.807, 2.05) is 0 Å². The first-order valence-corrected chi connectivity index (χ1v) is 4.78. The second-order valence-electron chi connectivity index (χ2n) is 3.96. The SMILES string of the molecule is Cc1cnc(N)nc1NC1(C(F)(F)F)CC1. The molecule has 0 unspecified atom stereocenters. The topological polar surface area (TPSA) is 63.8 Å². The molecule has 0 aliphatic heterocycles. The molecule has 1 saturated carbocycles. The quantitative estimate of drug-likeness (QED) is 0.817. The summed E-state index contributed by atoms with van der Waals surface area (Å²) in [5.74, 6) is 0.119. The van der Waals surface area contributed by atoms with Crippen LogP contribution >= 0.6 is 0 Å². The van der Waals surface area contributed by atoms with Gasteiger partial charge in [-0.1, -0.05) is 0 Å². The van der Waals surface area contributed by atoms with Crippen molar-refractivity contribution in [2.75, 3.05) is 11.1 Å². The molecule has 4 nitrogen and oxygen atoms in total. The van der Waals surface area contributed by atoms with Gasteiger partial charge in [-0.15, -0.1) is 0 Å². The van der Waals surface area contributed by atoms with Gasteiger partial charge in [0.1, 0.15) is 11.4 Å². The number of nitrogen functional groups attached to an aromatic ring is 1. The highest BCUT2D eigenvalue weighted by molar-refractivity contribution is 5.49. The first-order valence-electron chi connectivity index (χ1n) is 4.78. The van der Waals surface area contributed by atoms with Gasteiger partial charge in [-0.05, 0) is 19.8 Å². The van der Waals surface area contributed by atoms with Crippen molar-refractivity contribution in [3.8, 4) is 0 Å². The number of anilines is 2. The van der Waals surface area contributed by atoms with E-state index in [0.717, 1.165) is 0 Å². The Kier molecular flexibility index (Phi) is 2.21. The summed E-state index contributed by atoms with van der Waals surface area (Å²) in [5, 5.41) is 2.42. The average molecular weight is 232 g/mol. The molecule has 1 aliphatic rings. The third kappa shape index (κ3) is 1.77. The normalized spacial score (nSPS) is 18.2. The minimum Gasteiger partial charge on any atom is -0.368 e. The van der Waals surface area contributed by atoms with E-state index >= 15 is 0 Å². The van der Waals surface area contributed by atoms with Gasteiger partial charge in [0.25, 0.3) is 0 Å². The van der Waals surface area contributed by atoms with Crippen molar-refractivity contribution < 1.29 is 13.2 Å². The van der Waals surface area contributed by atoms with Crippen molar-refractivity contribution in [2.45, 2.75) is 31.5 Å².